The van der Waals surface area contributed by atoms with Crippen LogP contribution in [0.1, 0.15) is 12.6 Å². The maximum Gasteiger partial charge on any atom is 0.475 e. The largest absolute Gasteiger partial charge is 0.475 e. The second-order valence-corrected chi connectivity index (χ2v) is 11.0. The highest BCUT2D eigenvalue weighted by atomic mass is 31.2. The molecular formula is C21H34N5O16P. The monoisotopic (exact) mass is 643 g/mol. The minimum atomic E-state index is -5.47. The van der Waals surface area contributed by atoms with Gasteiger partial charge < -0.3 is 66.5 Å². The Bertz CT molecular complexity index is 1250. The Labute approximate surface area is 242 Å². The van der Waals surface area contributed by atoms with Crippen molar-refractivity contribution < 1.29 is 72.9 Å². The van der Waals surface area contributed by atoms with Crippen molar-refractivity contribution in [2.45, 2.75) is 67.2 Å². The first-order chi connectivity index (χ1) is 20.1. The highest BCUT2D eigenvalue weighted by Gasteiger charge is 2.59. The number of phosphoric ester groups is 1. The first-order valence-electron chi connectivity index (χ1n) is 12.5. The molecule has 0 aromatic carbocycles. The number of carbonyl (C=O) groups is 2. The molecule has 0 radical (unpaired) electrons. The van der Waals surface area contributed by atoms with Crippen LogP contribution in [-0.4, -0.2) is 138 Å². The van der Waals surface area contributed by atoms with Crippen molar-refractivity contribution in [3.05, 3.63) is 22.7 Å². The van der Waals surface area contributed by atoms with Gasteiger partial charge in [0.2, 0.25) is 5.91 Å². The molecule has 244 valence electrons. The fourth-order valence-corrected chi connectivity index (χ4v) is 5.43. The Morgan fingerprint density at radius 1 is 1.30 bits per heavy atom. The molecule has 0 aliphatic carbocycles. The predicted octanol–water partition coefficient (Wildman–Crippen LogP) is -6.24. The van der Waals surface area contributed by atoms with Crippen molar-refractivity contribution in [3.8, 4) is 0 Å². The summed E-state index contributed by atoms with van der Waals surface area (Å²) in [6.45, 7) is -2.61. The van der Waals surface area contributed by atoms with E-state index in [9.17, 15) is 54.5 Å². The fraction of sp³-hybridized carbons (Fsp3) is 0.714. The number of aliphatic hydroxyl groups excluding tert-OH is 6. The van der Waals surface area contributed by atoms with Gasteiger partial charge in [-0.25, -0.2) is 18.7 Å². The number of aromatic nitrogens is 2. The lowest BCUT2D eigenvalue weighted by Crippen LogP contribution is -2.68. The summed E-state index contributed by atoms with van der Waals surface area (Å²) in [6, 6.07) is -0.372. The first-order valence-corrected chi connectivity index (χ1v) is 14.0. The summed E-state index contributed by atoms with van der Waals surface area (Å²) in [5.74, 6) is -5.52. The second-order valence-electron chi connectivity index (χ2n) is 9.58. The summed E-state index contributed by atoms with van der Waals surface area (Å²) in [5.41, 5.74) is 9.76. The third kappa shape index (κ3) is 7.72. The number of anilines is 1. The van der Waals surface area contributed by atoms with E-state index in [-0.39, 0.29) is 5.82 Å². The summed E-state index contributed by atoms with van der Waals surface area (Å²) >= 11 is 0. The molecule has 1 amide bonds. The van der Waals surface area contributed by atoms with Crippen LogP contribution in [-0.2, 0) is 37.4 Å². The lowest BCUT2D eigenvalue weighted by Gasteiger charge is -2.46. The molecule has 21 nitrogen and oxygen atoms in total. The van der Waals surface area contributed by atoms with E-state index in [0.29, 0.717) is 0 Å². The van der Waals surface area contributed by atoms with Gasteiger partial charge in [0, 0.05) is 12.6 Å². The predicted molar refractivity (Wildman–Crippen MR) is 136 cm³/mol. The van der Waals surface area contributed by atoms with Crippen molar-refractivity contribution in [2.24, 2.45) is 5.73 Å². The average Bonchev–Trinajstić information content (AvgIpc) is 3.24. The number of amides is 1. The number of methoxy groups -OCH3 is 1. The van der Waals surface area contributed by atoms with E-state index in [1.165, 1.54) is 6.07 Å². The zero-order valence-electron chi connectivity index (χ0n) is 22.5. The Kier molecular flexibility index (Phi) is 11.3. The molecule has 11 atom stereocenters. The number of hydrogen-bond acceptors (Lipinski definition) is 18. The number of rotatable bonds is 12. The number of ether oxygens (including phenoxy) is 3. The molecule has 22 heteroatoms. The van der Waals surface area contributed by atoms with E-state index in [0.717, 1.165) is 17.9 Å². The van der Waals surface area contributed by atoms with Gasteiger partial charge in [0.25, 0.3) is 5.79 Å². The maximum absolute atomic E-state index is 13.0. The van der Waals surface area contributed by atoms with Gasteiger partial charge in [0.15, 0.2) is 6.23 Å². The maximum atomic E-state index is 13.0. The van der Waals surface area contributed by atoms with Crippen LogP contribution < -0.4 is 22.5 Å². The van der Waals surface area contributed by atoms with Gasteiger partial charge in [-0.1, -0.05) is 0 Å². The number of hydrogen-bond donors (Lipinski definition) is 10. The molecule has 1 aromatic heterocycles. The van der Waals surface area contributed by atoms with Crippen LogP contribution in [0.4, 0.5) is 5.82 Å². The zero-order valence-corrected chi connectivity index (χ0v) is 23.4. The number of nitrogens with zero attached hydrogens (tertiary/aromatic N) is 2. The van der Waals surface area contributed by atoms with Crippen molar-refractivity contribution in [1.29, 1.82) is 0 Å². The number of carbonyl (C=O) groups excluding carboxylic acids is 2. The molecule has 0 saturated carbocycles. The minimum Gasteiger partial charge on any atom is -0.465 e. The number of aliphatic hydroxyl groups is 6. The number of phosphoric acid groups is 1. The minimum absolute atomic E-state index is 0.129. The molecular weight excluding hydrogens is 609 g/mol. The number of nitrogens with two attached hydrogens (primary N) is 2. The fourth-order valence-electron chi connectivity index (χ4n) is 4.47. The second kappa shape index (κ2) is 14.0. The molecule has 1 aromatic rings. The summed E-state index contributed by atoms with van der Waals surface area (Å²) in [7, 11) is -4.65. The molecule has 2 aliphatic rings. The molecule has 2 saturated heterocycles. The Balaban J connectivity index is 1.82. The van der Waals surface area contributed by atoms with E-state index < -0.39 is 112 Å². The number of nitrogen functional groups attached to an aromatic ring is 1. The Morgan fingerprint density at radius 3 is 2.56 bits per heavy atom. The van der Waals surface area contributed by atoms with E-state index in [1.807, 2.05) is 0 Å². The smallest absolute Gasteiger partial charge is 0.465 e. The SMILES string of the molecule is COC(=O)[C@]1(OP(=O)(O)OCC2OC(n3ccc(N)nc3=O)[C@H](O)[C@@H]2O)C[C@@H](O)[C@@H](NC(=O)CN)C([C@H](O)[C@H](O)CO)O1. The topological polar surface area (TPSA) is 338 Å². The van der Waals surface area contributed by atoms with E-state index in [2.05, 4.69) is 15.0 Å². The standard InChI is InChI=1S/C21H34N5O16P/c1-38-19(34)21(4-8(28)13(25-12(30)5-22)17(41-21)14(31)9(29)6-27)42-43(36,37)39-7-10-15(32)16(33)18(40-10)26-3-2-11(23)24-20(26)35/h2-3,8-10,13-18,27-29,31-33H,4-7,22H2,1H3,(H,25,30)(H,36,37)(H2,23,24,35)/t8-,9-,10?,13-,14-,15-,16-,17?,18?,21-/m1/s1. The van der Waals surface area contributed by atoms with Gasteiger partial charge in [-0.05, 0) is 6.07 Å². The highest BCUT2D eigenvalue weighted by molar-refractivity contribution is 7.47. The van der Waals surface area contributed by atoms with Crippen molar-refractivity contribution >= 4 is 25.5 Å². The van der Waals surface area contributed by atoms with Gasteiger partial charge >= 0.3 is 19.5 Å². The summed E-state index contributed by atoms with van der Waals surface area (Å²) in [6.07, 6.45) is -14.4. The Hall–Kier alpha value is -2.63. The van der Waals surface area contributed by atoms with Crippen molar-refractivity contribution in [2.75, 3.05) is 32.6 Å². The number of esters is 1. The van der Waals surface area contributed by atoms with Crippen LogP contribution in [0, 0.1) is 0 Å². The molecule has 0 spiro atoms. The summed E-state index contributed by atoms with van der Waals surface area (Å²) in [5, 5.41) is 63.6. The molecule has 2 fully saturated rings. The quantitative estimate of drug-likeness (QED) is 0.0747. The molecule has 4 unspecified atom stereocenters. The zero-order chi connectivity index (χ0) is 32.3. The van der Waals surface area contributed by atoms with Crippen LogP contribution in [0.5, 0.6) is 0 Å². The van der Waals surface area contributed by atoms with Gasteiger partial charge in [0.05, 0.1) is 39.0 Å². The van der Waals surface area contributed by atoms with Crippen molar-refractivity contribution in [3.63, 3.8) is 0 Å². The van der Waals surface area contributed by atoms with Crippen LogP contribution in [0.2, 0.25) is 0 Å². The third-order valence-corrected chi connectivity index (χ3v) is 7.63. The number of nitrogens with one attached hydrogen (secondary N) is 1. The van der Waals surface area contributed by atoms with E-state index >= 15 is 0 Å². The summed E-state index contributed by atoms with van der Waals surface area (Å²) < 4.78 is 39.1. The Morgan fingerprint density at radius 2 is 1.98 bits per heavy atom. The van der Waals surface area contributed by atoms with Crippen LogP contribution in [0.15, 0.2) is 17.1 Å². The molecule has 3 rings (SSSR count). The third-order valence-electron chi connectivity index (χ3n) is 6.63. The van der Waals surface area contributed by atoms with E-state index in [1.54, 1.807) is 0 Å². The van der Waals surface area contributed by atoms with Gasteiger partial charge in [-0.15, -0.1) is 0 Å². The highest BCUT2D eigenvalue weighted by Crippen LogP contribution is 2.51. The lowest BCUT2D eigenvalue weighted by atomic mass is 9.88. The normalized spacial score (nSPS) is 33.7. The molecule has 43 heavy (non-hydrogen) atoms. The van der Waals surface area contributed by atoms with E-state index in [4.69, 9.17) is 30.0 Å². The van der Waals surface area contributed by atoms with Gasteiger partial charge in [-0.3, -0.25) is 13.9 Å². The van der Waals surface area contributed by atoms with Crippen LogP contribution in [0.25, 0.3) is 0 Å². The molecule has 0 bridgehead atoms. The van der Waals surface area contributed by atoms with Gasteiger partial charge in [0.1, 0.15) is 42.4 Å². The average molecular weight is 643 g/mol. The first kappa shape index (κ1) is 34.9. The molecule has 2 aliphatic heterocycles. The summed E-state index contributed by atoms with van der Waals surface area (Å²) in [4.78, 5) is 50.8. The lowest BCUT2D eigenvalue weighted by molar-refractivity contribution is -0.290. The van der Waals surface area contributed by atoms with Crippen LogP contribution >= 0.6 is 7.82 Å². The van der Waals surface area contributed by atoms with Gasteiger partial charge in [-0.2, -0.15) is 4.98 Å². The van der Waals surface area contributed by atoms with Crippen molar-refractivity contribution in [1.82, 2.24) is 14.9 Å². The molecule has 3 heterocycles. The van der Waals surface area contributed by atoms with Crippen LogP contribution in [0.3, 0.4) is 0 Å². The molecule has 12 N–H and O–H groups in total.